The van der Waals surface area contributed by atoms with Crippen molar-refractivity contribution in [2.24, 2.45) is 0 Å². The first-order chi connectivity index (χ1) is 10.6. The van der Waals surface area contributed by atoms with E-state index in [2.05, 4.69) is 19.2 Å². The van der Waals surface area contributed by atoms with Crippen LogP contribution in [-0.2, 0) is 4.79 Å². The summed E-state index contributed by atoms with van der Waals surface area (Å²) in [5.41, 5.74) is 2.61. The molecule has 0 fully saturated rings. The van der Waals surface area contributed by atoms with Crippen molar-refractivity contribution in [3.05, 3.63) is 65.7 Å². The van der Waals surface area contributed by atoms with E-state index in [1.54, 1.807) is 12.1 Å². The lowest BCUT2D eigenvalue weighted by Gasteiger charge is -2.09. The minimum absolute atomic E-state index is 0.00770. The Hall–Kier alpha value is -2.42. The van der Waals surface area contributed by atoms with Crippen molar-refractivity contribution < 1.29 is 9.59 Å². The molecule has 0 aromatic heterocycles. The predicted molar refractivity (Wildman–Crippen MR) is 89.2 cm³/mol. The third kappa shape index (κ3) is 4.55. The van der Waals surface area contributed by atoms with Gasteiger partial charge in [-0.2, -0.15) is 0 Å². The number of benzene rings is 2. The number of carbonyl (C=O) groups excluding carboxylic acids is 2. The second-order valence-corrected chi connectivity index (χ2v) is 5.62. The molecular formula is C19H21NO2. The van der Waals surface area contributed by atoms with E-state index >= 15 is 0 Å². The van der Waals surface area contributed by atoms with Gasteiger partial charge in [0, 0.05) is 24.1 Å². The van der Waals surface area contributed by atoms with Crippen molar-refractivity contribution in [3.8, 4) is 0 Å². The lowest BCUT2D eigenvalue weighted by molar-refractivity contribution is -0.116. The fourth-order valence-corrected chi connectivity index (χ4v) is 2.19. The SMILES string of the molecule is CC(C)c1cccc(NC(=O)CCC(=O)c2ccccc2)c1. The first kappa shape index (κ1) is 16.0. The molecule has 0 atom stereocenters. The van der Waals surface area contributed by atoms with E-state index in [1.807, 2.05) is 42.5 Å². The van der Waals surface area contributed by atoms with Crippen molar-refractivity contribution in [2.45, 2.75) is 32.6 Å². The van der Waals surface area contributed by atoms with Crippen molar-refractivity contribution in [2.75, 3.05) is 5.32 Å². The monoisotopic (exact) mass is 295 g/mol. The van der Waals surface area contributed by atoms with E-state index in [4.69, 9.17) is 0 Å². The van der Waals surface area contributed by atoms with Gasteiger partial charge in [-0.05, 0) is 23.6 Å². The number of amides is 1. The second-order valence-electron chi connectivity index (χ2n) is 5.62. The molecule has 0 aliphatic rings. The Bertz CT molecular complexity index is 647. The topological polar surface area (TPSA) is 46.2 Å². The molecule has 3 heteroatoms. The Balaban J connectivity index is 1.88. The molecule has 0 heterocycles. The van der Waals surface area contributed by atoms with Gasteiger partial charge in [0.25, 0.3) is 0 Å². The molecule has 3 nitrogen and oxygen atoms in total. The highest BCUT2D eigenvalue weighted by Gasteiger charge is 2.09. The fraction of sp³-hybridized carbons (Fsp3) is 0.263. The average molecular weight is 295 g/mol. The summed E-state index contributed by atoms with van der Waals surface area (Å²) >= 11 is 0. The van der Waals surface area contributed by atoms with Crippen molar-refractivity contribution in [3.63, 3.8) is 0 Å². The van der Waals surface area contributed by atoms with Crippen LogP contribution in [0.3, 0.4) is 0 Å². The number of Topliss-reactive ketones (excluding diaryl/α,β-unsaturated/α-hetero) is 1. The largest absolute Gasteiger partial charge is 0.326 e. The van der Waals surface area contributed by atoms with E-state index in [0.717, 1.165) is 5.69 Å². The highest BCUT2D eigenvalue weighted by molar-refractivity contribution is 5.99. The van der Waals surface area contributed by atoms with Gasteiger partial charge >= 0.3 is 0 Å². The minimum atomic E-state index is -0.134. The maximum Gasteiger partial charge on any atom is 0.224 e. The van der Waals surface area contributed by atoms with Crippen LogP contribution in [0.1, 0.15) is 48.5 Å². The van der Waals surface area contributed by atoms with Gasteiger partial charge in [0.05, 0.1) is 0 Å². The summed E-state index contributed by atoms with van der Waals surface area (Å²) in [6.45, 7) is 4.22. The normalized spacial score (nSPS) is 10.5. The van der Waals surface area contributed by atoms with Gasteiger partial charge in [0.1, 0.15) is 0 Å². The Labute approximate surface area is 131 Å². The number of hydrogen-bond acceptors (Lipinski definition) is 2. The van der Waals surface area contributed by atoms with E-state index in [9.17, 15) is 9.59 Å². The zero-order valence-corrected chi connectivity index (χ0v) is 13.0. The average Bonchev–Trinajstić information content (AvgIpc) is 2.53. The van der Waals surface area contributed by atoms with Crippen LogP contribution >= 0.6 is 0 Å². The lowest BCUT2D eigenvalue weighted by atomic mass is 10.0. The molecule has 2 aromatic rings. The molecule has 0 spiro atoms. The summed E-state index contributed by atoms with van der Waals surface area (Å²) in [6.07, 6.45) is 0.416. The molecule has 0 aliphatic heterocycles. The van der Waals surface area contributed by atoms with Gasteiger partial charge in [-0.25, -0.2) is 0 Å². The first-order valence-corrected chi connectivity index (χ1v) is 7.54. The van der Waals surface area contributed by atoms with E-state index in [1.165, 1.54) is 5.56 Å². The summed E-state index contributed by atoms with van der Waals surface area (Å²) in [7, 11) is 0. The molecule has 114 valence electrons. The minimum Gasteiger partial charge on any atom is -0.326 e. The van der Waals surface area contributed by atoms with Crippen LogP contribution in [0.15, 0.2) is 54.6 Å². The Morgan fingerprint density at radius 2 is 1.68 bits per heavy atom. The smallest absolute Gasteiger partial charge is 0.224 e. The summed E-state index contributed by atoms with van der Waals surface area (Å²) in [4.78, 5) is 23.9. The third-order valence-corrected chi connectivity index (χ3v) is 3.51. The van der Waals surface area contributed by atoms with Gasteiger partial charge in [0.2, 0.25) is 5.91 Å². The first-order valence-electron chi connectivity index (χ1n) is 7.54. The quantitative estimate of drug-likeness (QED) is 0.802. The molecule has 22 heavy (non-hydrogen) atoms. The van der Waals surface area contributed by atoms with Crippen LogP contribution in [0, 0.1) is 0 Å². The zero-order valence-electron chi connectivity index (χ0n) is 13.0. The fourth-order valence-electron chi connectivity index (χ4n) is 2.19. The van der Waals surface area contributed by atoms with Gasteiger partial charge < -0.3 is 5.32 Å². The van der Waals surface area contributed by atoms with Gasteiger partial charge in [-0.3, -0.25) is 9.59 Å². The maximum absolute atomic E-state index is 12.0. The molecule has 1 amide bonds. The van der Waals surface area contributed by atoms with Crippen molar-refractivity contribution in [1.82, 2.24) is 0 Å². The number of carbonyl (C=O) groups is 2. The van der Waals surface area contributed by atoms with Crippen LogP contribution < -0.4 is 5.32 Å². The Morgan fingerprint density at radius 1 is 0.955 bits per heavy atom. The summed E-state index contributed by atoms with van der Waals surface area (Å²) in [5.74, 6) is 0.272. The van der Waals surface area contributed by atoms with E-state index in [0.29, 0.717) is 11.5 Å². The van der Waals surface area contributed by atoms with Crippen molar-refractivity contribution in [1.29, 1.82) is 0 Å². The zero-order chi connectivity index (χ0) is 15.9. The molecule has 0 aliphatic carbocycles. The Morgan fingerprint density at radius 3 is 2.36 bits per heavy atom. The highest BCUT2D eigenvalue weighted by atomic mass is 16.2. The number of hydrogen-bond donors (Lipinski definition) is 1. The third-order valence-electron chi connectivity index (χ3n) is 3.51. The maximum atomic E-state index is 12.0. The number of rotatable bonds is 6. The molecule has 2 aromatic carbocycles. The number of anilines is 1. The predicted octanol–water partition coefficient (Wildman–Crippen LogP) is 4.41. The highest BCUT2D eigenvalue weighted by Crippen LogP contribution is 2.18. The van der Waals surface area contributed by atoms with Crippen LogP contribution in [0.4, 0.5) is 5.69 Å². The number of nitrogens with one attached hydrogen (secondary N) is 1. The molecule has 0 radical (unpaired) electrons. The van der Waals surface area contributed by atoms with Crippen LogP contribution in [0.5, 0.6) is 0 Å². The standard InChI is InChI=1S/C19H21NO2/c1-14(2)16-9-6-10-17(13-16)20-19(22)12-11-18(21)15-7-4-3-5-8-15/h3-10,13-14H,11-12H2,1-2H3,(H,20,22). The molecule has 0 saturated heterocycles. The Kier molecular flexibility index (Phi) is 5.48. The lowest BCUT2D eigenvalue weighted by Crippen LogP contribution is -2.13. The number of ketones is 1. The summed E-state index contributed by atoms with van der Waals surface area (Å²) in [6, 6.07) is 16.9. The summed E-state index contributed by atoms with van der Waals surface area (Å²) < 4.78 is 0. The van der Waals surface area contributed by atoms with Crippen LogP contribution in [-0.4, -0.2) is 11.7 Å². The van der Waals surface area contributed by atoms with Crippen LogP contribution in [0.25, 0.3) is 0 Å². The van der Waals surface area contributed by atoms with Gasteiger partial charge in [-0.15, -0.1) is 0 Å². The van der Waals surface area contributed by atoms with E-state index < -0.39 is 0 Å². The molecular weight excluding hydrogens is 274 g/mol. The van der Waals surface area contributed by atoms with Crippen LogP contribution in [0.2, 0.25) is 0 Å². The summed E-state index contributed by atoms with van der Waals surface area (Å²) in [5, 5.41) is 2.85. The molecule has 1 N–H and O–H groups in total. The molecule has 0 bridgehead atoms. The second kappa shape index (κ2) is 7.55. The van der Waals surface area contributed by atoms with E-state index in [-0.39, 0.29) is 24.5 Å². The molecule has 0 unspecified atom stereocenters. The molecule has 2 rings (SSSR count). The van der Waals surface area contributed by atoms with Gasteiger partial charge in [-0.1, -0.05) is 56.3 Å². The van der Waals surface area contributed by atoms with Crippen molar-refractivity contribution >= 4 is 17.4 Å². The molecule has 0 saturated carbocycles. The van der Waals surface area contributed by atoms with Gasteiger partial charge in [0.15, 0.2) is 5.78 Å².